The average molecular weight is 604 g/mol. The number of imide groups is 2. The lowest BCUT2D eigenvalue weighted by Crippen LogP contribution is -2.46. The predicted molar refractivity (Wildman–Crippen MR) is 180 cm³/mol. The molecule has 0 radical (unpaired) electrons. The molecule has 0 aliphatic carbocycles. The van der Waals surface area contributed by atoms with Crippen molar-refractivity contribution >= 4 is 56.5 Å². The molecule has 2 heterocycles. The molecule has 7 heteroatoms. The summed E-state index contributed by atoms with van der Waals surface area (Å²) in [4.78, 5) is 60.3. The van der Waals surface area contributed by atoms with Crippen LogP contribution in [0.2, 0.25) is 0 Å². The van der Waals surface area contributed by atoms with Crippen LogP contribution in [-0.2, 0) is 0 Å². The highest BCUT2D eigenvalue weighted by atomic mass is 16.2. The Kier molecular flexibility index (Phi) is 8.21. The van der Waals surface area contributed by atoms with Crippen molar-refractivity contribution in [3.8, 4) is 0 Å². The summed E-state index contributed by atoms with van der Waals surface area (Å²) in [6, 6.07) is 18.8. The monoisotopic (exact) mass is 603 g/mol. The standard InChI is InChI=1S/C38H41N3O4/c1-6-11-22-39(31-20-18-29-33-25(31)14-12-16-27(33)35(42)40(37(29)44)23(7-2)8-3)32-21-19-30-34-26(32)15-13-17-28(34)36(43)41(38(30)45)24(9-4)10-5/h12-21,23-24H,6-11,22H2,1-5H3. The van der Waals surface area contributed by atoms with Crippen molar-refractivity contribution in [1.29, 1.82) is 0 Å². The van der Waals surface area contributed by atoms with Gasteiger partial charge < -0.3 is 4.90 Å². The van der Waals surface area contributed by atoms with Crippen molar-refractivity contribution in [1.82, 2.24) is 9.80 Å². The summed E-state index contributed by atoms with van der Waals surface area (Å²) < 4.78 is 0. The third kappa shape index (κ3) is 4.63. The van der Waals surface area contributed by atoms with Gasteiger partial charge in [-0.25, -0.2) is 0 Å². The van der Waals surface area contributed by atoms with Crippen molar-refractivity contribution in [3.05, 3.63) is 82.9 Å². The topological polar surface area (TPSA) is 78.0 Å². The molecule has 0 bridgehead atoms. The molecule has 0 fully saturated rings. The summed E-state index contributed by atoms with van der Waals surface area (Å²) in [5.74, 6) is -0.983. The molecule has 0 N–H and O–H groups in total. The largest absolute Gasteiger partial charge is 0.340 e. The Morgan fingerprint density at radius 2 is 0.911 bits per heavy atom. The molecule has 7 nitrogen and oxygen atoms in total. The highest BCUT2D eigenvalue weighted by molar-refractivity contribution is 6.29. The van der Waals surface area contributed by atoms with Crippen LogP contribution in [-0.4, -0.2) is 52.1 Å². The Morgan fingerprint density at radius 1 is 0.533 bits per heavy atom. The maximum atomic E-state index is 13.8. The lowest BCUT2D eigenvalue weighted by atomic mass is 9.89. The molecular weight excluding hydrogens is 562 g/mol. The van der Waals surface area contributed by atoms with E-state index in [1.165, 1.54) is 9.80 Å². The second-order valence-corrected chi connectivity index (χ2v) is 12.1. The van der Waals surface area contributed by atoms with Crippen LogP contribution in [0.4, 0.5) is 11.4 Å². The smallest absolute Gasteiger partial charge is 0.261 e. The maximum absolute atomic E-state index is 13.8. The zero-order chi connectivity index (χ0) is 32.0. The van der Waals surface area contributed by atoms with Crippen LogP contribution >= 0.6 is 0 Å². The number of carbonyl (C=O) groups excluding carboxylic acids is 4. The van der Waals surface area contributed by atoms with E-state index < -0.39 is 0 Å². The Labute approximate surface area is 264 Å². The molecule has 0 unspecified atom stereocenters. The summed E-state index contributed by atoms with van der Waals surface area (Å²) in [5.41, 5.74) is 3.94. The SMILES string of the molecule is CCCCN(c1ccc2c3c(cccc13)C(=O)N(C(CC)CC)C2=O)c1ccc2c3c(cccc13)C(=O)N(C(CC)CC)C2=O. The van der Waals surface area contributed by atoms with E-state index in [-0.39, 0.29) is 35.7 Å². The Balaban J connectivity index is 1.55. The van der Waals surface area contributed by atoms with Gasteiger partial charge in [0, 0.05) is 73.8 Å². The van der Waals surface area contributed by atoms with Crippen molar-refractivity contribution in [3.63, 3.8) is 0 Å². The van der Waals surface area contributed by atoms with E-state index >= 15 is 0 Å². The fourth-order valence-corrected chi connectivity index (χ4v) is 7.33. The summed E-state index contributed by atoms with van der Waals surface area (Å²) in [5, 5.41) is 3.03. The van der Waals surface area contributed by atoms with Gasteiger partial charge in [-0.2, -0.15) is 0 Å². The minimum atomic E-state index is -0.246. The van der Waals surface area contributed by atoms with Crippen molar-refractivity contribution < 1.29 is 19.2 Å². The van der Waals surface area contributed by atoms with Crippen LogP contribution in [0.1, 0.15) is 115 Å². The maximum Gasteiger partial charge on any atom is 0.261 e. The van der Waals surface area contributed by atoms with Crippen molar-refractivity contribution in [2.75, 3.05) is 11.4 Å². The quantitative estimate of drug-likeness (QED) is 0.161. The number of hydrogen-bond acceptors (Lipinski definition) is 5. The number of rotatable bonds is 11. The van der Waals surface area contributed by atoms with Gasteiger partial charge in [0.05, 0.1) is 0 Å². The summed E-state index contributed by atoms with van der Waals surface area (Å²) >= 11 is 0. The van der Waals surface area contributed by atoms with Crippen LogP contribution in [0, 0.1) is 0 Å². The molecule has 6 rings (SSSR count). The lowest BCUT2D eigenvalue weighted by molar-refractivity contribution is 0.0514. The highest BCUT2D eigenvalue weighted by Crippen LogP contribution is 2.43. The Morgan fingerprint density at radius 3 is 1.27 bits per heavy atom. The summed E-state index contributed by atoms with van der Waals surface area (Å²) in [6.45, 7) is 10.8. The van der Waals surface area contributed by atoms with E-state index in [9.17, 15) is 19.2 Å². The molecule has 0 saturated carbocycles. The fourth-order valence-electron chi connectivity index (χ4n) is 7.33. The van der Waals surface area contributed by atoms with E-state index in [0.717, 1.165) is 35.0 Å². The number of benzene rings is 4. The van der Waals surface area contributed by atoms with Gasteiger partial charge in [-0.05, 0) is 68.5 Å². The van der Waals surface area contributed by atoms with Gasteiger partial charge >= 0.3 is 0 Å². The second kappa shape index (κ2) is 12.1. The average Bonchev–Trinajstić information content (AvgIpc) is 3.06. The molecule has 45 heavy (non-hydrogen) atoms. The van der Waals surface area contributed by atoms with E-state index in [2.05, 4.69) is 11.8 Å². The molecule has 232 valence electrons. The van der Waals surface area contributed by atoms with Crippen LogP contribution < -0.4 is 4.90 Å². The Hall–Kier alpha value is -4.52. The minimum absolute atomic E-state index is 0.155. The first-order valence-corrected chi connectivity index (χ1v) is 16.5. The number of unbranched alkanes of at least 4 members (excludes halogenated alkanes) is 1. The number of nitrogens with zero attached hydrogens (tertiary/aromatic N) is 3. The van der Waals surface area contributed by atoms with Crippen LogP contribution in [0.15, 0.2) is 60.7 Å². The van der Waals surface area contributed by atoms with E-state index in [0.29, 0.717) is 65.3 Å². The van der Waals surface area contributed by atoms with E-state index in [1.807, 2.05) is 88.4 Å². The third-order valence-electron chi connectivity index (χ3n) is 9.76. The molecular formula is C38H41N3O4. The first-order valence-electron chi connectivity index (χ1n) is 16.5. The molecule has 0 atom stereocenters. The summed E-state index contributed by atoms with van der Waals surface area (Å²) in [6.07, 6.45) is 4.66. The molecule has 2 aliphatic rings. The highest BCUT2D eigenvalue weighted by Gasteiger charge is 2.39. The molecule has 4 amide bonds. The number of amides is 4. The second-order valence-electron chi connectivity index (χ2n) is 12.1. The molecule has 0 spiro atoms. The van der Waals surface area contributed by atoms with Gasteiger partial charge in [0.25, 0.3) is 23.6 Å². The fraction of sp³-hybridized carbons (Fsp3) is 0.368. The molecule has 0 saturated heterocycles. The van der Waals surface area contributed by atoms with Crippen LogP contribution in [0.25, 0.3) is 21.5 Å². The van der Waals surface area contributed by atoms with Gasteiger partial charge in [0.1, 0.15) is 0 Å². The molecule has 0 aromatic heterocycles. The summed E-state index contributed by atoms with van der Waals surface area (Å²) in [7, 11) is 0. The van der Waals surface area contributed by atoms with Crippen LogP contribution in [0.5, 0.6) is 0 Å². The van der Waals surface area contributed by atoms with E-state index in [4.69, 9.17) is 0 Å². The van der Waals surface area contributed by atoms with Crippen molar-refractivity contribution in [2.24, 2.45) is 0 Å². The lowest BCUT2D eigenvalue weighted by Gasteiger charge is -2.35. The normalized spacial score (nSPS) is 14.6. The van der Waals surface area contributed by atoms with Gasteiger partial charge in [0.15, 0.2) is 0 Å². The third-order valence-corrected chi connectivity index (χ3v) is 9.76. The first-order chi connectivity index (χ1) is 21.8. The predicted octanol–water partition coefficient (Wildman–Crippen LogP) is 8.50. The number of anilines is 2. The van der Waals surface area contributed by atoms with Gasteiger partial charge in [-0.1, -0.05) is 65.3 Å². The Bertz CT molecular complexity index is 1680. The van der Waals surface area contributed by atoms with Gasteiger partial charge in [-0.3, -0.25) is 29.0 Å². The van der Waals surface area contributed by atoms with Gasteiger partial charge in [-0.15, -0.1) is 0 Å². The zero-order valence-corrected chi connectivity index (χ0v) is 26.9. The van der Waals surface area contributed by atoms with Gasteiger partial charge in [0.2, 0.25) is 0 Å². The number of hydrogen-bond donors (Lipinski definition) is 0. The molecule has 2 aliphatic heterocycles. The van der Waals surface area contributed by atoms with Crippen molar-refractivity contribution in [2.45, 2.75) is 85.2 Å². The molecule has 4 aromatic rings. The molecule has 4 aromatic carbocycles. The van der Waals surface area contributed by atoms with Crippen LogP contribution in [0.3, 0.4) is 0 Å². The first kappa shape index (κ1) is 30.5. The van der Waals surface area contributed by atoms with E-state index in [1.54, 1.807) is 0 Å². The minimum Gasteiger partial charge on any atom is -0.340 e. The number of carbonyl (C=O) groups is 4. The zero-order valence-electron chi connectivity index (χ0n) is 26.9.